The Morgan fingerprint density at radius 3 is 2.15 bits per heavy atom. The Bertz CT molecular complexity index is 2070. The molecule has 0 radical (unpaired) electrons. The van der Waals surface area contributed by atoms with Gasteiger partial charge in [0.2, 0.25) is 17.7 Å². The number of nitrogens with zero attached hydrogens (tertiary/aromatic N) is 1. The normalized spacial score (nSPS) is 30.8. The minimum atomic E-state index is -1.34. The zero-order valence-electron chi connectivity index (χ0n) is 36.2. The van der Waals surface area contributed by atoms with Crippen molar-refractivity contribution < 1.29 is 39.0 Å². The van der Waals surface area contributed by atoms with Crippen LogP contribution in [0.1, 0.15) is 134 Å². The summed E-state index contributed by atoms with van der Waals surface area (Å²) in [5.41, 5.74) is 14.0. The van der Waals surface area contributed by atoms with Crippen LogP contribution in [0.25, 0.3) is 0 Å². The molecule has 4 aliphatic rings. The first kappa shape index (κ1) is 44.9. The smallest absolute Gasteiger partial charge is 0.303 e. The van der Waals surface area contributed by atoms with Crippen LogP contribution < -0.4 is 22.1 Å². The molecule has 3 amide bonds. The number of anilines is 2. The number of nitrogens with one attached hydrogen (secondary N) is 2. The number of nitrogens with two attached hydrogens (primary N) is 2. The molecule has 4 aliphatic carbocycles. The Labute approximate surface area is 353 Å². The van der Waals surface area contributed by atoms with E-state index in [1.54, 1.807) is 7.05 Å². The topological polar surface area (TPSA) is 222 Å². The lowest BCUT2D eigenvalue weighted by atomic mass is 9.41. The van der Waals surface area contributed by atoms with Crippen LogP contribution in [0.4, 0.5) is 11.4 Å². The van der Waals surface area contributed by atoms with E-state index < -0.39 is 56.5 Å². The Hall–Kier alpha value is -4.62. The fraction of sp³-hybridized carbons (Fsp3) is 0.617. The molecule has 13 heteroatoms. The van der Waals surface area contributed by atoms with Crippen LogP contribution in [0.5, 0.6) is 0 Å². The first-order valence-corrected chi connectivity index (χ1v) is 21.7. The van der Waals surface area contributed by atoms with E-state index in [4.69, 9.17) is 21.7 Å². The van der Waals surface area contributed by atoms with Gasteiger partial charge in [-0.05, 0) is 133 Å². The molecule has 8 atom stereocenters. The number of aryl methyl sites for hydroxylation is 2. The molecule has 0 aromatic heterocycles. The molecular formula is C47H65N5O8. The van der Waals surface area contributed by atoms with Crippen LogP contribution in [0.15, 0.2) is 36.4 Å². The molecule has 2 fully saturated rings. The van der Waals surface area contributed by atoms with Gasteiger partial charge in [0.25, 0.3) is 0 Å². The van der Waals surface area contributed by atoms with Crippen LogP contribution in [0.3, 0.4) is 0 Å². The third kappa shape index (κ3) is 7.65. The second-order valence-electron chi connectivity index (χ2n) is 19.7. The lowest BCUT2D eigenvalue weighted by molar-refractivity contribution is -0.171. The van der Waals surface area contributed by atoms with Gasteiger partial charge in [-0.25, -0.2) is 0 Å². The minimum Gasteiger partial charge on any atom is -0.481 e. The molecule has 326 valence electrons. The highest BCUT2D eigenvalue weighted by Crippen LogP contribution is 2.66. The van der Waals surface area contributed by atoms with Crippen molar-refractivity contribution in [2.45, 2.75) is 147 Å². The number of hydrogen-bond acceptors (Lipinski definition) is 9. The molecule has 2 aromatic rings. The van der Waals surface area contributed by atoms with E-state index in [1.807, 2.05) is 31.2 Å². The van der Waals surface area contributed by atoms with Crippen molar-refractivity contribution in [1.82, 2.24) is 4.90 Å². The van der Waals surface area contributed by atoms with Gasteiger partial charge in [-0.3, -0.25) is 28.9 Å². The maximum absolute atomic E-state index is 15.2. The van der Waals surface area contributed by atoms with Crippen molar-refractivity contribution in [3.05, 3.63) is 58.7 Å². The molecule has 0 bridgehead atoms. The first-order valence-electron chi connectivity index (χ1n) is 21.7. The van der Waals surface area contributed by atoms with Gasteiger partial charge < -0.3 is 37.1 Å². The van der Waals surface area contributed by atoms with Crippen LogP contribution in [0, 0.1) is 22.2 Å². The number of aliphatic carboxylic acids is 2. The third-order valence-corrected chi connectivity index (χ3v) is 16.2. The van der Waals surface area contributed by atoms with Crippen LogP contribution in [0.2, 0.25) is 0 Å². The molecule has 2 saturated carbocycles. The number of fused-ring (bicyclic) bond motifs is 6. The first-order chi connectivity index (χ1) is 28.1. The lowest BCUT2D eigenvalue weighted by Crippen LogP contribution is -2.64. The summed E-state index contributed by atoms with van der Waals surface area (Å²) in [6.45, 7) is 10.9. The summed E-state index contributed by atoms with van der Waals surface area (Å²) in [7, 11) is 1.68. The summed E-state index contributed by atoms with van der Waals surface area (Å²) >= 11 is 0. The van der Waals surface area contributed by atoms with Gasteiger partial charge in [-0.2, -0.15) is 0 Å². The molecule has 8 N–H and O–H groups in total. The maximum atomic E-state index is 15.2. The van der Waals surface area contributed by atoms with Gasteiger partial charge in [-0.15, -0.1) is 0 Å². The monoisotopic (exact) mass is 827 g/mol. The zero-order chi connectivity index (χ0) is 44.1. The largest absolute Gasteiger partial charge is 0.481 e. The van der Waals surface area contributed by atoms with Gasteiger partial charge in [0.15, 0.2) is 0 Å². The number of hydrogen-bond donors (Lipinski definition) is 6. The molecule has 0 saturated heterocycles. The summed E-state index contributed by atoms with van der Waals surface area (Å²) in [5.74, 6) is -2.82. The van der Waals surface area contributed by atoms with Crippen molar-refractivity contribution in [3.63, 3.8) is 0 Å². The van der Waals surface area contributed by atoms with E-state index in [2.05, 4.69) is 50.5 Å². The SMILES string of the molecule is CN(C(=O)[C@@]1(C)CCC[C@]2(C)c3cc(NC(=O)[C@@H](N)CCC(=O)O)ccc3CC[C@@H]12)C(=O)[C@@]1(C)CCC[C@]2(C)c3cc(NC[C@](N)(C=O)CCC(=O)O)ccc3CC[C@@]12C. The lowest BCUT2D eigenvalue weighted by Gasteiger charge is -2.63. The summed E-state index contributed by atoms with van der Waals surface area (Å²) in [6.07, 6.45) is 7.96. The number of amides is 3. The maximum Gasteiger partial charge on any atom is 0.303 e. The molecule has 60 heavy (non-hydrogen) atoms. The minimum absolute atomic E-state index is 0.00751. The average Bonchev–Trinajstić information content (AvgIpc) is 3.21. The number of carbonyl (C=O) groups excluding carboxylic acids is 4. The number of carboxylic acids is 2. The average molecular weight is 828 g/mol. The third-order valence-electron chi connectivity index (χ3n) is 16.2. The van der Waals surface area contributed by atoms with Crippen molar-refractivity contribution >= 4 is 47.3 Å². The fourth-order valence-electron chi connectivity index (χ4n) is 12.2. The molecule has 0 aliphatic heterocycles. The van der Waals surface area contributed by atoms with E-state index >= 15 is 9.59 Å². The van der Waals surface area contributed by atoms with Gasteiger partial charge in [0, 0.05) is 37.8 Å². The molecule has 0 heterocycles. The highest BCUT2D eigenvalue weighted by molar-refractivity contribution is 6.01. The number of imide groups is 1. The predicted molar refractivity (Wildman–Crippen MR) is 229 cm³/mol. The van der Waals surface area contributed by atoms with Crippen molar-refractivity contribution in [3.8, 4) is 0 Å². The second-order valence-corrected chi connectivity index (χ2v) is 19.7. The fourth-order valence-corrected chi connectivity index (χ4v) is 12.2. The van der Waals surface area contributed by atoms with Crippen LogP contribution in [-0.4, -0.2) is 76.2 Å². The Kier molecular flexibility index (Phi) is 12.2. The Morgan fingerprint density at radius 1 is 0.850 bits per heavy atom. The zero-order valence-corrected chi connectivity index (χ0v) is 36.2. The van der Waals surface area contributed by atoms with Gasteiger partial charge in [0.05, 0.1) is 22.4 Å². The van der Waals surface area contributed by atoms with E-state index in [0.717, 1.165) is 68.2 Å². The van der Waals surface area contributed by atoms with Gasteiger partial charge in [-0.1, -0.05) is 59.6 Å². The Morgan fingerprint density at radius 2 is 1.48 bits per heavy atom. The van der Waals surface area contributed by atoms with Crippen molar-refractivity contribution in [2.75, 3.05) is 24.2 Å². The highest BCUT2D eigenvalue weighted by Gasteiger charge is 2.65. The summed E-state index contributed by atoms with van der Waals surface area (Å²) in [6, 6.07) is 11.1. The highest BCUT2D eigenvalue weighted by atomic mass is 16.4. The molecule has 6 rings (SSSR count). The van der Waals surface area contributed by atoms with Crippen molar-refractivity contribution in [2.24, 2.45) is 33.6 Å². The van der Waals surface area contributed by atoms with Crippen molar-refractivity contribution in [1.29, 1.82) is 0 Å². The number of carboxylic acid groups (broad SMARTS) is 2. The standard InChI is InChI=1S/C47H65N5O8/c1-42-19-7-20-43(2,36(42)15-11-29-10-13-32(26-33(29)42)51-39(58)35(48)14-16-37(54)55)40(59)52(6)41(60)45(4)22-8-21-44(3)34-25-31(12-9-30(34)17-23-46(44,45)5)50-27-47(49,28-53)24-18-38(56)57/h9-10,12-13,25-26,28,35-36,50H,7-8,11,14-24,27,48-49H2,1-6H3,(H,51,58)(H,54,55)(H,56,57)/t35-,36+,42+,43-,44+,45+,46+,47-/m0/s1. The number of aldehydes is 1. The van der Waals surface area contributed by atoms with Gasteiger partial charge >= 0.3 is 11.9 Å². The van der Waals surface area contributed by atoms with Crippen LogP contribution in [-0.2, 0) is 52.4 Å². The predicted octanol–water partition coefficient (Wildman–Crippen LogP) is 6.09. The van der Waals surface area contributed by atoms with E-state index in [9.17, 15) is 19.2 Å². The molecular weight excluding hydrogens is 763 g/mol. The van der Waals surface area contributed by atoms with Gasteiger partial charge in [0.1, 0.15) is 6.29 Å². The van der Waals surface area contributed by atoms with E-state index in [-0.39, 0.29) is 50.0 Å². The molecule has 0 spiro atoms. The molecule has 0 unspecified atom stereocenters. The van der Waals surface area contributed by atoms with E-state index in [1.165, 1.54) is 16.0 Å². The van der Waals surface area contributed by atoms with Crippen LogP contribution >= 0.6 is 0 Å². The molecule has 2 aromatic carbocycles. The summed E-state index contributed by atoms with van der Waals surface area (Å²) in [5, 5.41) is 24.4. The van der Waals surface area contributed by atoms with E-state index in [0.29, 0.717) is 24.8 Å². The molecule has 13 nitrogen and oxygen atoms in total. The summed E-state index contributed by atoms with van der Waals surface area (Å²) < 4.78 is 0. The number of rotatable bonds is 14. The summed E-state index contributed by atoms with van der Waals surface area (Å²) in [4.78, 5) is 78.9. The number of benzene rings is 2. The second kappa shape index (κ2) is 16.3. The Balaban J connectivity index is 1.24. The number of carbonyl (C=O) groups is 6. The quantitative estimate of drug-likeness (QED) is 0.0945.